The molecule has 0 saturated carbocycles. The summed E-state index contributed by atoms with van der Waals surface area (Å²) in [7, 11) is 3.81. The Kier molecular flexibility index (Phi) is 7.76. The van der Waals surface area contributed by atoms with Crippen molar-refractivity contribution in [2.45, 2.75) is 32.9 Å². The van der Waals surface area contributed by atoms with Gasteiger partial charge in [0.1, 0.15) is 17.3 Å². The molecular formula is C26H32N2O5. The molecule has 1 fully saturated rings. The summed E-state index contributed by atoms with van der Waals surface area (Å²) in [5.74, 6) is -0.135. The number of ketones is 1. The number of hydrogen-bond acceptors (Lipinski definition) is 6. The maximum absolute atomic E-state index is 13.1. The number of ether oxygens (including phenoxy) is 2. The molecule has 33 heavy (non-hydrogen) atoms. The number of hydrogen-bond donors (Lipinski definition) is 1. The molecule has 1 N–H and O–H groups in total. The Bertz CT molecular complexity index is 1010. The van der Waals surface area contributed by atoms with Crippen molar-refractivity contribution in [2.75, 3.05) is 33.8 Å². The predicted molar refractivity (Wildman–Crippen MR) is 127 cm³/mol. The smallest absolute Gasteiger partial charge is 0.295 e. The Morgan fingerprint density at radius 1 is 1.03 bits per heavy atom. The van der Waals surface area contributed by atoms with Gasteiger partial charge in [0, 0.05) is 18.7 Å². The van der Waals surface area contributed by atoms with Crippen LogP contribution in [0.3, 0.4) is 0 Å². The number of nitrogens with zero attached hydrogens (tertiary/aromatic N) is 2. The van der Waals surface area contributed by atoms with Gasteiger partial charge < -0.3 is 24.4 Å². The fraction of sp³-hybridized carbons (Fsp3) is 0.385. The number of benzene rings is 2. The van der Waals surface area contributed by atoms with E-state index in [2.05, 4.69) is 0 Å². The van der Waals surface area contributed by atoms with Gasteiger partial charge in [-0.3, -0.25) is 9.59 Å². The highest BCUT2D eigenvalue weighted by Gasteiger charge is 2.45. The van der Waals surface area contributed by atoms with Gasteiger partial charge in [0.2, 0.25) is 0 Å². The Labute approximate surface area is 195 Å². The molecule has 2 aromatic rings. The topological polar surface area (TPSA) is 79.3 Å². The van der Waals surface area contributed by atoms with Crippen LogP contribution in [0.2, 0.25) is 0 Å². The van der Waals surface area contributed by atoms with Crippen LogP contribution in [0.25, 0.3) is 5.76 Å². The quantitative estimate of drug-likeness (QED) is 0.354. The molecule has 1 aliphatic heterocycles. The number of aliphatic hydroxyl groups excluding tert-OH is 1. The second kappa shape index (κ2) is 10.5. The second-order valence-corrected chi connectivity index (χ2v) is 8.49. The van der Waals surface area contributed by atoms with E-state index in [4.69, 9.17) is 9.47 Å². The van der Waals surface area contributed by atoms with Crippen molar-refractivity contribution in [3.63, 3.8) is 0 Å². The summed E-state index contributed by atoms with van der Waals surface area (Å²) in [6.07, 6.45) is 0.0289. The third-order valence-electron chi connectivity index (χ3n) is 5.33. The van der Waals surface area contributed by atoms with E-state index in [9.17, 15) is 14.7 Å². The number of amides is 1. The lowest BCUT2D eigenvalue weighted by atomic mass is 9.95. The van der Waals surface area contributed by atoms with E-state index < -0.39 is 17.7 Å². The van der Waals surface area contributed by atoms with Crippen LogP contribution in [0.4, 0.5) is 0 Å². The van der Waals surface area contributed by atoms with Crippen molar-refractivity contribution in [3.8, 4) is 11.5 Å². The van der Waals surface area contributed by atoms with Crippen LogP contribution < -0.4 is 9.47 Å². The summed E-state index contributed by atoms with van der Waals surface area (Å²) in [4.78, 5) is 29.5. The summed E-state index contributed by atoms with van der Waals surface area (Å²) in [5, 5.41) is 11.1. The van der Waals surface area contributed by atoms with Gasteiger partial charge in [0.15, 0.2) is 0 Å². The molecule has 7 heteroatoms. The highest BCUT2D eigenvalue weighted by atomic mass is 16.5. The highest BCUT2D eigenvalue weighted by molar-refractivity contribution is 6.46. The third-order valence-corrected chi connectivity index (χ3v) is 5.33. The number of likely N-dealkylation sites (N-methyl/N-ethyl adjacent to an activating group) is 1. The minimum absolute atomic E-state index is 0.0289. The molecule has 7 nitrogen and oxygen atoms in total. The van der Waals surface area contributed by atoms with E-state index in [0.717, 1.165) is 5.56 Å². The summed E-state index contributed by atoms with van der Waals surface area (Å²) >= 11 is 0. The molecule has 1 heterocycles. The van der Waals surface area contributed by atoms with Crippen LogP contribution >= 0.6 is 0 Å². The van der Waals surface area contributed by atoms with Gasteiger partial charge in [-0.1, -0.05) is 12.1 Å². The molecule has 1 unspecified atom stereocenters. The third kappa shape index (κ3) is 5.54. The predicted octanol–water partition coefficient (Wildman–Crippen LogP) is 3.86. The minimum atomic E-state index is -0.690. The monoisotopic (exact) mass is 452 g/mol. The zero-order valence-corrected chi connectivity index (χ0v) is 19.9. The van der Waals surface area contributed by atoms with E-state index >= 15 is 0 Å². The van der Waals surface area contributed by atoms with E-state index in [-0.39, 0.29) is 17.4 Å². The minimum Gasteiger partial charge on any atom is -0.507 e. The lowest BCUT2D eigenvalue weighted by Gasteiger charge is -2.26. The number of carbonyl (C=O) groups excluding carboxylic acids is 2. The first-order valence-electron chi connectivity index (χ1n) is 11.2. The molecule has 1 saturated heterocycles. The fourth-order valence-electron chi connectivity index (χ4n) is 3.80. The van der Waals surface area contributed by atoms with E-state index in [1.165, 1.54) is 4.90 Å². The highest BCUT2D eigenvalue weighted by Crippen LogP contribution is 2.39. The SMILES string of the molecule is CCOc1ccc(C(O)=C2C(=O)C(=O)N(CCN(C)C)C2c2ccc(OC(C)C)cc2)cc1. The fourth-order valence-corrected chi connectivity index (χ4v) is 3.80. The van der Waals surface area contributed by atoms with Crippen molar-refractivity contribution in [1.82, 2.24) is 9.80 Å². The number of rotatable bonds is 9. The van der Waals surface area contributed by atoms with Crippen LogP contribution in [0, 0.1) is 0 Å². The van der Waals surface area contributed by atoms with Gasteiger partial charge in [-0.05, 0) is 76.8 Å². The molecule has 0 radical (unpaired) electrons. The van der Waals surface area contributed by atoms with Crippen molar-refractivity contribution in [3.05, 3.63) is 65.2 Å². The van der Waals surface area contributed by atoms with E-state index in [1.807, 2.05) is 64.0 Å². The first kappa shape index (κ1) is 24.3. The maximum atomic E-state index is 13.1. The Hall–Kier alpha value is -3.32. The molecular weight excluding hydrogens is 420 g/mol. The zero-order chi connectivity index (χ0) is 24.1. The van der Waals surface area contributed by atoms with E-state index in [1.54, 1.807) is 24.3 Å². The van der Waals surface area contributed by atoms with Gasteiger partial charge in [0.05, 0.1) is 24.3 Å². The molecule has 1 atom stereocenters. The molecule has 2 aromatic carbocycles. The number of likely N-dealkylation sites (tertiary alicyclic amines) is 1. The van der Waals surface area contributed by atoms with Gasteiger partial charge in [0.25, 0.3) is 11.7 Å². The summed E-state index contributed by atoms with van der Waals surface area (Å²) < 4.78 is 11.2. The average molecular weight is 453 g/mol. The number of Topliss-reactive ketones (excluding diaryl/α,β-unsaturated/α-hetero) is 1. The van der Waals surface area contributed by atoms with Crippen LogP contribution in [0.15, 0.2) is 54.1 Å². The van der Waals surface area contributed by atoms with Gasteiger partial charge in [-0.15, -0.1) is 0 Å². The largest absolute Gasteiger partial charge is 0.507 e. The van der Waals surface area contributed by atoms with Crippen molar-refractivity contribution < 1.29 is 24.2 Å². The molecule has 1 aliphatic rings. The first-order valence-corrected chi connectivity index (χ1v) is 11.2. The second-order valence-electron chi connectivity index (χ2n) is 8.49. The summed E-state index contributed by atoms with van der Waals surface area (Å²) in [6, 6.07) is 13.4. The molecule has 0 bridgehead atoms. The van der Waals surface area contributed by atoms with Crippen molar-refractivity contribution >= 4 is 17.4 Å². The Morgan fingerprint density at radius 3 is 2.18 bits per heavy atom. The maximum Gasteiger partial charge on any atom is 0.295 e. The molecule has 0 aliphatic carbocycles. The van der Waals surface area contributed by atoms with Crippen LogP contribution in [0.1, 0.15) is 37.9 Å². The lowest BCUT2D eigenvalue weighted by Crippen LogP contribution is -2.35. The molecule has 176 valence electrons. The normalized spacial score (nSPS) is 17.8. The number of carbonyl (C=O) groups is 2. The van der Waals surface area contributed by atoms with Gasteiger partial charge in [-0.25, -0.2) is 0 Å². The van der Waals surface area contributed by atoms with Crippen molar-refractivity contribution in [1.29, 1.82) is 0 Å². The van der Waals surface area contributed by atoms with Crippen LogP contribution in [-0.4, -0.2) is 66.5 Å². The average Bonchev–Trinajstić information content (AvgIpc) is 3.03. The molecule has 3 rings (SSSR count). The zero-order valence-electron chi connectivity index (χ0n) is 19.9. The van der Waals surface area contributed by atoms with Gasteiger partial charge in [-0.2, -0.15) is 0 Å². The number of aliphatic hydroxyl groups is 1. The summed E-state index contributed by atoms with van der Waals surface area (Å²) in [6.45, 7) is 7.24. The Morgan fingerprint density at radius 2 is 1.64 bits per heavy atom. The summed E-state index contributed by atoms with van der Waals surface area (Å²) in [5.41, 5.74) is 1.27. The van der Waals surface area contributed by atoms with Crippen LogP contribution in [0.5, 0.6) is 11.5 Å². The Balaban J connectivity index is 2.06. The van der Waals surface area contributed by atoms with Gasteiger partial charge >= 0.3 is 0 Å². The first-order chi connectivity index (χ1) is 15.7. The lowest BCUT2D eigenvalue weighted by molar-refractivity contribution is -0.140. The molecule has 0 spiro atoms. The molecule has 0 aromatic heterocycles. The standard InChI is InChI=1S/C26H32N2O5/c1-6-32-20-11-9-19(10-12-20)24(29)22-23(18-7-13-21(14-8-18)33-17(2)3)28(16-15-27(4)5)26(31)25(22)30/h7-14,17,23,29H,6,15-16H2,1-5H3. The molecule has 1 amide bonds. The van der Waals surface area contributed by atoms with E-state index in [0.29, 0.717) is 36.8 Å². The van der Waals surface area contributed by atoms with Crippen molar-refractivity contribution in [2.24, 2.45) is 0 Å². The van der Waals surface area contributed by atoms with Crippen LogP contribution in [-0.2, 0) is 9.59 Å².